The number of rotatable bonds is 4. The third-order valence-electron chi connectivity index (χ3n) is 5.85. The molecule has 0 saturated heterocycles. The summed E-state index contributed by atoms with van der Waals surface area (Å²) in [6, 6.07) is 32.6. The van der Waals surface area contributed by atoms with Crippen molar-refractivity contribution in [3.63, 3.8) is 0 Å². The van der Waals surface area contributed by atoms with Crippen LogP contribution in [-0.2, 0) is 6.42 Å². The van der Waals surface area contributed by atoms with Gasteiger partial charge < -0.3 is 4.74 Å². The van der Waals surface area contributed by atoms with Crippen molar-refractivity contribution in [1.29, 1.82) is 0 Å². The standard InChI is InChI=1S/C28H19ClN2O/c29-22-10-6-20-16-21-7-11-23(18-27(21)26(20)17-22)31-28(14-15-30-31)19-8-12-25(13-9-19)32-24-4-2-1-3-5-24/h1-15,17-18H,16H2. The van der Waals surface area contributed by atoms with Crippen LogP contribution in [0.1, 0.15) is 11.1 Å². The fraction of sp³-hybridized carbons (Fsp3) is 0.0357. The Bertz CT molecular complexity index is 1420. The summed E-state index contributed by atoms with van der Waals surface area (Å²) in [7, 11) is 0. The van der Waals surface area contributed by atoms with Gasteiger partial charge in [-0.25, -0.2) is 4.68 Å². The van der Waals surface area contributed by atoms with Gasteiger partial charge in [-0.15, -0.1) is 0 Å². The highest BCUT2D eigenvalue weighted by molar-refractivity contribution is 6.31. The van der Waals surface area contributed by atoms with Gasteiger partial charge in [-0.2, -0.15) is 5.10 Å². The number of hydrogen-bond donors (Lipinski definition) is 0. The zero-order valence-corrected chi connectivity index (χ0v) is 18.0. The average Bonchev–Trinajstić information content (AvgIpc) is 3.45. The van der Waals surface area contributed by atoms with Crippen molar-refractivity contribution in [2.24, 2.45) is 0 Å². The second kappa shape index (κ2) is 7.70. The van der Waals surface area contributed by atoms with Crippen LogP contribution in [0.3, 0.4) is 0 Å². The number of nitrogens with zero attached hydrogens (tertiary/aromatic N) is 2. The lowest BCUT2D eigenvalue weighted by molar-refractivity contribution is 0.483. The van der Waals surface area contributed by atoms with Crippen molar-refractivity contribution in [1.82, 2.24) is 9.78 Å². The molecule has 0 amide bonds. The smallest absolute Gasteiger partial charge is 0.127 e. The van der Waals surface area contributed by atoms with E-state index in [9.17, 15) is 0 Å². The molecule has 1 aliphatic carbocycles. The van der Waals surface area contributed by atoms with Crippen LogP contribution in [0.2, 0.25) is 5.02 Å². The van der Waals surface area contributed by atoms with Crippen molar-refractivity contribution < 1.29 is 4.74 Å². The lowest BCUT2D eigenvalue weighted by Crippen LogP contribution is -1.99. The van der Waals surface area contributed by atoms with Gasteiger partial charge in [0.15, 0.2) is 0 Å². The predicted molar refractivity (Wildman–Crippen MR) is 129 cm³/mol. The van der Waals surface area contributed by atoms with E-state index in [1.807, 2.05) is 65.5 Å². The normalized spacial score (nSPS) is 11.8. The van der Waals surface area contributed by atoms with E-state index in [1.165, 1.54) is 22.3 Å². The highest BCUT2D eigenvalue weighted by atomic mass is 35.5. The zero-order chi connectivity index (χ0) is 21.5. The third-order valence-corrected chi connectivity index (χ3v) is 6.09. The van der Waals surface area contributed by atoms with Gasteiger partial charge >= 0.3 is 0 Å². The number of benzene rings is 4. The summed E-state index contributed by atoms with van der Waals surface area (Å²) >= 11 is 6.27. The third kappa shape index (κ3) is 3.37. The summed E-state index contributed by atoms with van der Waals surface area (Å²) in [5.41, 5.74) is 8.21. The molecule has 6 rings (SSSR count). The van der Waals surface area contributed by atoms with Gasteiger partial charge in [0.25, 0.3) is 0 Å². The summed E-state index contributed by atoms with van der Waals surface area (Å²) in [5.74, 6) is 1.63. The summed E-state index contributed by atoms with van der Waals surface area (Å²) in [4.78, 5) is 0. The molecule has 0 radical (unpaired) electrons. The first-order valence-electron chi connectivity index (χ1n) is 10.5. The summed E-state index contributed by atoms with van der Waals surface area (Å²) in [6.07, 6.45) is 2.78. The Labute approximate surface area is 191 Å². The van der Waals surface area contributed by atoms with Crippen molar-refractivity contribution >= 4 is 11.6 Å². The van der Waals surface area contributed by atoms with Crippen LogP contribution in [0.15, 0.2) is 103 Å². The van der Waals surface area contributed by atoms with Crippen LogP contribution < -0.4 is 4.74 Å². The van der Waals surface area contributed by atoms with E-state index in [4.69, 9.17) is 16.3 Å². The van der Waals surface area contributed by atoms with E-state index >= 15 is 0 Å². The first-order valence-corrected chi connectivity index (χ1v) is 10.9. The Hall–Kier alpha value is -3.82. The molecule has 0 atom stereocenters. The zero-order valence-electron chi connectivity index (χ0n) is 17.2. The molecule has 32 heavy (non-hydrogen) atoms. The highest BCUT2D eigenvalue weighted by Gasteiger charge is 2.20. The molecule has 0 N–H and O–H groups in total. The second-order valence-electron chi connectivity index (χ2n) is 7.89. The van der Waals surface area contributed by atoms with E-state index in [1.54, 1.807) is 0 Å². The molecule has 0 saturated carbocycles. The summed E-state index contributed by atoms with van der Waals surface area (Å²) in [6.45, 7) is 0. The topological polar surface area (TPSA) is 27.1 Å². The first kappa shape index (κ1) is 18.9. The molecule has 3 nitrogen and oxygen atoms in total. The molecule has 0 unspecified atom stereocenters. The van der Waals surface area contributed by atoms with Crippen LogP contribution in [0, 0.1) is 0 Å². The molecule has 4 aromatic carbocycles. The van der Waals surface area contributed by atoms with Crippen LogP contribution in [-0.4, -0.2) is 9.78 Å². The van der Waals surface area contributed by atoms with E-state index in [0.29, 0.717) is 0 Å². The monoisotopic (exact) mass is 434 g/mol. The number of aromatic nitrogens is 2. The Morgan fingerprint density at radius 2 is 1.44 bits per heavy atom. The molecule has 154 valence electrons. The Morgan fingerprint density at radius 3 is 2.25 bits per heavy atom. The maximum absolute atomic E-state index is 6.27. The summed E-state index contributed by atoms with van der Waals surface area (Å²) < 4.78 is 7.91. The van der Waals surface area contributed by atoms with Gasteiger partial charge in [0, 0.05) is 10.6 Å². The lowest BCUT2D eigenvalue weighted by atomic mass is 10.0. The van der Waals surface area contributed by atoms with Gasteiger partial charge in [-0.3, -0.25) is 0 Å². The minimum Gasteiger partial charge on any atom is -0.457 e. The van der Waals surface area contributed by atoms with Crippen LogP contribution >= 0.6 is 11.6 Å². The van der Waals surface area contributed by atoms with Crippen LogP contribution in [0.5, 0.6) is 11.5 Å². The summed E-state index contributed by atoms with van der Waals surface area (Å²) in [5, 5.41) is 5.37. The molecule has 0 aliphatic heterocycles. The Kier molecular flexibility index (Phi) is 4.55. The van der Waals surface area contributed by atoms with Crippen molar-refractivity contribution in [3.8, 4) is 39.6 Å². The lowest BCUT2D eigenvalue weighted by Gasteiger charge is -2.11. The van der Waals surface area contributed by atoms with Gasteiger partial charge in [-0.05, 0) is 95.4 Å². The van der Waals surface area contributed by atoms with Gasteiger partial charge in [-0.1, -0.05) is 41.9 Å². The number of ether oxygens (including phenoxy) is 1. The molecule has 0 spiro atoms. The van der Waals surface area contributed by atoms with E-state index in [2.05, 4.69) is 47.6 Å². The molecule has 1 aromatic heterocycles. The number of para-hydroxylation sites is 1. The number of hydrogen-bond acceptors (Lipinski definition) is 2. The van der Waals surface area contributed by atoms with Crippen LogP contribution in [0.4, 0.5) is 0 Å². The Balaban J connectivity index is 1.33. The predicted octanol–water partition coefficient (Wildman–Crippen LogP) is 7.56. The Morgan fingerprint density at radius 1 is 0.719 bits per heavy atom. The minimum atomic E-state index is 0.764. The molecule has 0 bridgehead atoms. The van der Waals surface area contributed by atoms with E-state index in [-0.39, 0.29) is 0 Å². The van der Waals surface area contributed by atoms with Crippen molar-refractivity contribution in [2.75, 3.05) is 0 Å². The first-order chi connectivity index (χ1) is 15.7. The second-order valence-corrected chi connectivity index (χ2v) is 8.32. The fourth-order valence-electron chi connectivity index (χ4n) is 4.31. The minimum absolute atomic E-state index is 0.764. The molecule has 1 aliphatic rings. The number of fused-ring (bicyclic) bond motifs is 3. The molecule has 5 aromatic rings. The van der Waals surface area contributed by atoms with Crippen LogP contribution in [0.25, 0.3) is 28.1 Å². The molecule has 4 heteroatoms. The largest absolute Gasteiger partial charge is 0.457 e. The van der Waals surface area contributed by atoms with E-state index in [0.717, 1.165) is 39.9 Å². The van der Waals surface area contributed by atoms with Gasteiger partial charge in [0.1, 0.15) is 11.5 Å². The quantitative estimate of drug-likeness (QED) is 0.286. The van der Waals surface area contributed by atoms with E-state index < -0.39 is 0 Å². The molecular formula is C28H19ClN2O. The number of halogens is 1. The molecule has 1 heterocycles. The SMILES string of the molecule is Clc1ccc2c(c1)-c1cc(-n3nccc3-c3ccc(Oc4ccccc4)cc3)ccc1C2. The maximum Gasteiger partial charge on any atom is 0.127 e. The maximum atomic E-state index is 6.27. The van der Waals surface area contributed by atoms with Gasteiger partial charge in [0.2, 0.25) is 0 Å². The average molecular weight is 435 g/mol. The fourth-order valence-corrected chi connectivity index (χ4v) is 4.48. The molecule has 0 fully saturated rings. The molecular weight excluding hydrogens is 416 g/mol. The van der Waals surface area contributed by atoms with Crippen molar-refractivity contribution in [3.05, 3.63) is 119 Å². The van der Waals surface area contributed by atoms with Gasteiger partial charge in [0.05, 0.1) is 17.6 Å². The van der Waals surface area contributed by atoms with Crippen molar-refractivity contribution in [2.45, 2.75) is 6.42 Å². The highest BCUT2D eigenvalue weighted by Crippen LogP contribution is 2.39.